The number of benzene rings is 2. The minimum absolute atomic E-state index is 0.745. The normalized spacial score (nSPS) is 17.5. The van der Waals surface area contributed by atoms with Gasteiger partial charge in [-0.15, -0.1) is 0 Å². The number of hydrogen-bond acceptors (Lipinski definition) is 0. The van der Waals surface area contributed by atoms with E-state index < -0.39 is 0 Å². The summed E-state index contributed by atoms with van der Waals surface area (Å²) in [6.07, 6.45) is 17.4. The van der Waals surface area contributed by atoms with Gasteiger partial charge >= 0.3 is 0 Å². The molecule has 0 aromatic heterocycles. The highest BCUT2D eigenvalue weighted by atomic mass is 14.3. The van der Waals surface area contributed by atoms with Gasteiger partial charge < -0.3 is 0 Å². The van der Waals surface area contributed by atoms with Crippen molar-refractivity contribution in [2.45, 2.75) is 103 Å². The van der Waals surface area contributed by atoms with Crippen LogP contribution < -0.4 is 0 Å². The van der Waals surface area contributed by atoms with Crippen molar-refractivity contribution in [2.75, 3.05) is 0 Å². The second-order valence-corrected chi connectivity index (χ2v) is 9.78. The third kappa shape index (κ3) is 9.14. The minimum Gasteiger partial charge on any atom is -0.0979 e. The van der Waals surface area contributed by atoms with Gasteiger partial charge in [0.05, 0.1) is 0 Å². The van der Waals surface area contributed by atoms with Crippen molar-refractivity contribution < 1.29 is 0 Å². The average molecular weight is 439 g/mol. The summed E-state index contributed by atoms with van der Waals surface area (Å²) in [5, 5.41) is 0. The highest BCUT2D eigenvalue weighted by Crippen LogP contribution is 2.37. The Morgan fingerprint density at radius 1 is 0.606 bits per heavy atom. The van der Waals surface area contributed by atoms with Crippen molar-refractivity contribution >= 4 is 0 Å². The Balaban J connectivity index is 1.44. The summed E-state index contributed by atoms with van der Waals surface area (Å²) < 4.78 is 0. The van der Waals surface area contributed by atoms with Gasteiger partial charge in [0.15, 0.2) is 0 Å². The molecule has 0 radical (unpaired) electrons. The lowest BCUT2D eigenvalue weighted by Crippen LogP contribution is -2.13. The van der Waals surface area contributed by atoms with Crippen LogP contribution >= 0.6 is 0 Å². The van der Waals surface area contributed by atoms with Gasteiger partial charge in [0.25, 0.3) is 0 Å². The summed E-state index contributed by atoms with van der Waals surface area (Å²) in [7, 11) is 0. The third-order valence-electron chi connectivity index (χ3n) is 7.07. The molecule has 0 heterocycles. The first-order valence-corrected chi connectivity index (χ1v) is 13.5. The smallest absolute Gasteiger partial charge is 0.0249 e. The molecule has 0 amide bonds. The molecular formula is C33H42. The van der Waals surface area contributed by atoms with Gasteiger partial charge in [-0.25, -0.2) is 0 Å². The van der Waals surface area contributed by atoms with Crippen LogP contribution in [0.15, 0.2) is 48.5 Å². The fraction of sp³-hybridized carbons (Fsp3) is 0.515. The molecule has 1 aliphatic rings. The predicted octanol–water partition coefficient (Wildman–Crippen LogP) is 9.26. The SMILES string of the molecule is CCCCC#Cc1ccc(C#Cc2ccc([C@H]3CC[C@H](CCCCCCC)CC3)cc2)cc1. The molecule has 0 N–H and O–H groups in total. The Morgan fingerprint density at radius 2 is 1.15 bits per heavy atom. The van der Waals surface area contributed by atoms with E-state index in [1.807, 2.05) is 0 Å². The first-order valence-electron chi connectivity index (χ1n) is 13.5. The Kier molecular flexibility index (Phi) is 11.2. The molecule has 0 saturated heterocycles. The largest absolute Gasteiger partial charge is 0.0979 e. The number of rotatable bonds is 9. The summed E-state index contributed by atoms with van der Waals surface area (Å²) in [5.74, 6) is 14.8. The summed E-state index contributed by atoms with van der Waals surface area (Å²) >= 11 is 0. The van der Waals surface area contributed by atoms with E-state index in [1.165, 1.54) is 82.6 Å². The lowest BCUT2D eigenvalue weighted by molar-refractivity contribution is 0.302. The van der Waals surface area contributed by atoms with Gasteiger partial charge in [-0.05, 0) is 85.9 Å². The van der Waals surface area contributed by atoms with Crippen molar-refractivity contribution in [2.24, 2.45) is 5.92 Å². The van der Waals surface area contributed by atoms with Gasteiger partial charge in [0, 0.05) is 23.1 Å². The summed E-state index contributed by atoms with van der Waals surface area (Å²) in [6.45, 7) is 4.50. The van der Waals surface area contributed by atoms with E-state index in [1.54, 1.807) is 0 Å². The summed E-state index contributed by atoms with van der Waals surface area (Å²) in [5.41, 5.74) is 4.73. The Hall–Kier alpha value is -2.44. The highest BCUT2D eigenvalue weighted by molar-refractivity contribution is 5.46. The zero-order chi connectivity index (χ0) is 23.1. The molecule has 2 aromatic rings. The fourth-order valence-electron chi connectivity index (χ4n) is 4.87. The Morgan fingerprint density at radius 3 is 1.76 bits per heavy atom. The van der Waals surface area contributed by atoms with E-state index in [0.717, 1.165) is 34.9 Å². The molecule has 0 aliphatic heterocycles. The van der Waals surface area contributed by atoms with Crippen LogP contribution in [-0.4, -0.2) is 0 Å². The van der Waals surface area contributed by atoms with Gasteiger partial charge in [0.2, 0.25) is 0 Å². The maximum absolute atomic E-state index is 3.33. The van der Waals surface area contributed by atoms with Crippen molar-refractivity contribution in [3.05, 3.63) is 70.8 Å². The van der Waals surface area contributed by atoms with Crippen molar-refractivity contribution in [1.82, 2.24) is 0 Å². The zero-order valence-electron chi connectivity index (χ0n) is 21.0. The van der Waals surface area contributed by atoms with E-state index in [0.29, 0.717) is 0 Å². The number of hydrogen-bond donors (Lipinski definition) is 0. The maximum Gasteiger partial charge on any atom is 0.0249 e. The van der Waals surface area contributed by atoms with Gasteiger partial charge in [-0.3, -0.25) is 0 Å². The first kappa shape index (κ1) is 25.2. The summed E-state index contributed by atoms with van der Waals surface area (Å²) in [4.78, 5) is 0. The van der Waals surface area contributed by atoms with Crippen molar-refractivity contribution in [3.8, 4) is 23.7 Å². The highest BCUT2D eigenvalue weighted by Gasteiger charge is 2.21. The van der Waals surface area contributed by atoms with Crippen LogP contribution in [-0.2, 0) is 0 Å². The molecule has 0 heteroatoms. The van der Waals surface area contributed by atoms with Crippen LogP contribution in [0, 0.1) is 29.6 Å². The topological polar surface area (TPSA) is 0 Å². The van der Waals surface area contributed by atoms with Crippen LogP contribution in [0.1, 0.15) is 125 Å². The first-order chi connectivity index (χ1) is 16.3. The van der Waals surface area contributed by atoms with Crippen LogP contribution in [0.2, 0.25) is 0 Å². The Bertz CT molecular complexity index is 916. The Labute approximate surface area is 203 Å². The lowest BCUT2D eigenvalue weighted by Gasteiger charge is -2.29. The van der Waals surface area contributed by atoms with E-state index >= 15 is 0 Å². The molecule has 1 fully saturated rings. The number of unbranched alkanes of at least 4 members (excludes halogenated alkanes) is 6. The van der Waals surface area contributed by atoms with Gasteiger partial charge in [-0.2, -0.15) is 0 Å². The van der Waals surface area contributed by atoms with Crippen molar-refractivity contribution in [3.63, 3.8) is 0 Å². The van der Waals surface area contributed by atoms with Gasteiger partial charge in [-0.1, -0.05) is 94.6 Å². The quantitative estimate of drug-likeness (QED) is 0.270. The molecular weight excluding hydrogens is 396 g/mol. The van der Waals surface area contributed by atoms with E-state index in [4.69, 9.17) is 0 Å². The molecule has 174 valence electrons. The second kappa shape index (κ2) is 14.7. The zero-order valence-corrected chi connectivity index (χ0v) is 21.0. The van der Waals surface area contributed by atoms with Crippen LogP contribution in [0.3, 0.4) is 0 Å². The monoisotopic (exact) mass is 438 g/mol. The lowest BCUT2D eigenvalue weighted by atomic mass is 9.77. The van der Waals surface area contributed by atoms with E-state index in [2.05, 4.69) is 86.1 Å². The van der Waals surface area contributed by atoms with Crippen molar-refractivity contribution in [1.29, 1.82) is 0 Å². The molecule has 3 rings (SSSR count). The molecule has 1 aliphatic carbocycles. The molecule has 0 nitrogen and oxygen atoms in total. The van der Waals surface area contributed by atoms with Crippen LogP contribution in [0.25, 0.3) is 0 Å². The van der Waals surface area contributed by atoms with E-state index in [9.17, 15) is 0 Å². The summed E-state index contributed by atoms with van der Waals surface area (Å²) in [6, 6.07) is 17.3. The minimum atomic E-state index is 0.745. The standard InChI is InChI=1S/C33H42/c1-3-5-7-9-11-13-29-20-24-32(25-21-29)33-26-22-31(23-27-33)19-18-30-16-14-28(15-17-30)12-10-8-6-4-2/h14-17,22-23,26-27,29,32H,3-9,11,13,20-21,24-25H2,1-2H3/t29-,32-. The molecule has 0 bridgehead atoms. The molecule has 2 aromatic carbocycles. The average Bonchev–Trinajstić information content (AvgIpc) is 2.87. The molecule has 0 atom stereocenters. The molecule has 33 heavy (non-hydrogen) atoms. The molecule has 0 unspecified atom stereocenters. The van der Waals surface area contributed by atoms with Crippen LogP contribution in [0.5, 0.6) is 0 Å². The molecule has 0 spiro atoms. The second-order valence-electron chi connectivity index (χ2n) is 9.78. The predicted molar refractivity (Wildman–Crippen MR) is 143 cm³/mol. The fourth-order valence-corrected chi connectivity index (χ4v) is 4.87. The third-order valence-corrected chi connectivity index (χ3v) is 7.07. The van der Waals surface area contributed by atoms with E-state index in [-0.39, 0.29) is 0 Å². The van der Waals surface area contributed by atoms with Crippen LogP contribution in [0.4, 0.5) is 0 Å². The van der Waals surface area contributed by atoms with Gasteiger partial charge in [0.1, 0.15) is 0 Å². The maximum atomic E-state index is 3.33. The molecule has 1 saturated carbocycles.